The first-order valence-corrected chi connectivity index (χ1v) is 7.41. The Morgan fingerprint density at radius 2 is 2.04 bits per heavy atom. The van der Waals surface area contributed by atoms with Gasteiger partial charge < -0.3 is 15.4 Å². The van der Waals surface area contributed by atoms with Gasteiger partial charge in [-0.05, 0) is 12.1 Å². The van der Waals surface area contributed by atoms with Crippen LogP contribution in [-0.2, 0) is 14.4 Å². The van der Waals surface area contributed by atoms with E-state index in [2.05, 4.69) is 0 Å². The number of Topliss-reactive ketones (excluding diaryl/α,β-unsaturated/α-hetero) is 1. The van der Waals surface area contributed by atoms with Crippen molar-refractivity contribution in [3.05, 3.63) is 46.3 Å². The second-order valence-electron chi connectivity index (χ2n) is 5.47. The van der Waals surface area contributed by atoms with E-state index in [-0.39, 0.29) is 22.6 Å². The lowest BCUT2D eigenvalue weighted by Crippen LogP contribution is -2.39. The molecule has 0 bridgehead atoms. The van der Waals surface area contributed by atoms with Crippen LogP contribution in [0.4, 0.5) is 17.1 Å². The molecule has 0 atom stereocenters. The lowest BCUT2D eigenvalue weighted by molar-refractivity contribution is -0.384. The van der Waals surface area contributed by atoms with Gasteiger partial charge in [0.1, 0.15) is 12.2 Å². The van der Waals surface area contributed by atoms with Crippen molar-refractivity contribution in [3.63, 3.8) is 0 Å². The number of anilines is 2. The van der Waals surface area contributed by atoms with Crippen molar-refractivity contribution in [1.29, 1.82) is 0 Å². The predicted octanol–water partition coefficient (Wildman–Crippen LogP) is 0.787. The molecule has 0 aliphatic carbocycles. The van der Waals surface area contributed by atoms with Crippen molar-refractivity contribution >= 4 is 41.0 Å². The number of benzene rings is 1. The zero-order chi connectivity index (χ0) is 20.3. The third-order valence-electron chi connectivity index (χ3n) is 3.58. The van der Waals surface area contributed by atoms with Gasteiger partial charge in [-0.2, -0.15) is 0 Å². The maximum Gasteiger partial charge on any atom is 0.323 e. The highest BCUT2D eigenvalue weighted by Gasteiger charge is 2.27. The number of nitrogens with two attached hydrogens (primary N) is 1. The van der Waals surface area contributed by atoms with Crippen LogP contribution in [0.25, 0.3) is 5.69 Å². The second kappa shape index (κ2) is 7.47. The average Bonchev–Trinajstić information content (AvgIpc) is 3.07. The predicted molar refractivity (Wildman–Crippen MR) is 92.9 cm³/mol. The van der Waals surface area contributed by atoms with Gasteiger partial charge in [-0.3, -0.25) is 34.2 Å². The molecule has 0 unspecified atom stereocenters. The van der Waals surface area contributed by atoms with Crippen LogP contribution >= 0.6 is 0 Å². The fourth-order valence-electron chi connectivity index (χ4n) is 2.39. The number of carboxylic acid groups (broad SMARTS) is 1. The molecule has 0 fully saturated rings. The molecule has 0 spiro atoms. The monoisotopic (exact) mass is 374 g/mol. The van der Waals surface area contributed by atoms with Crippen LogP contribution in [-0.4, -0.2) is 45.1 Å². The fourth-order valence-corrected chi connectivity index (χ4v) is 2.39. The Morgan fingerprint density at radius 3 is 2.52 bits per heavy atom. The van der Waals surface area contributed by atoms with E-state index in [0.717, 1.165) is 19.1 Å². The van der Waals surface area contributed by atoms with Crippen molar-refractivity contribution in [2.24, 2.45) is 0 Å². The summed E-state index contributed by atoms with van der Waals surface area (Å²) in [6.45, 7) is 0.0904. The van der Waals surface area contributed by atoms with Gasteiger partial charge in [0.25, 0.3) is 11.6 Å². The Hall–Kier alpha value is -4.02. The van der Waals surface area contributed by atoms with Crippen LogP contribution in [0.5, 0.6) is 0 Å². The molecule has 1 aromatic heterocycles. The number of amides is 1. The van der Waals surface area contributed by atoms with Gasteiger partial charge in [0.2, 0.25) is 5.78 Å². The Balaban J connectivity index is 2.72. The summed E-state index contributed by atoms with van der Waals surface area (Å²) in [5, 5.41) is 20.4. The molecular formula is C16H14N4O7. The normalized spacial score (nSPS) is 10.3. The third-order valence-corrected chi connectivity index (χ3v) is 3.58. The third kappa shape index (κ3) is 3.98. The number of carbonyl (C=O) groups is 4. The number of nitrogens with zero attached hydrogens (tertiary/aromatic N) is 3. The molecule has 0 radical (unpaired) electrons. The molecule has 27 heavy (non-hydrogen) atoms. The van der Waals surface area contributed by atoms with Gasteiger partial charge in [-0.25, -0.2) is 0 Å². The van der Waals surface area contributed by atoms with E-state index in [4.69, 9.17) is 10.8 Å². The number of carbonyl (C=O) groups excluding carboxylic acids is 3. The number of nitrogen functional groups attached to an aromatic ring is 1. The molecule has 11 heteroatoms. The number of carboxylic acids is 1. The molecule has 0 aliphatic rings. The van der Waals surface area contributed by atoms with Crippen LogP contribution in [0, 0.1) is 10.1 Å². The zero-order valence-corrected chi connectivity index (χ0v) is 14.0. The summed E-state index contributed by atoms with van der Waals surface area (Å²) in [5.74, 6) is -3.47. The van der Waals surface area contributed by atoms with Crippen LogP contribution < -0.4 is 10.6 Å². The van der Waals surface area contributed by atoms with Crippen molar-refractivity contribution < 1.29 is 29.2 Å². The quantitative estimate of drug-likeness (QED) is 0.236. The number of hydrogen-bond acceptors (Lipinski definition) is 7. The van der Waals surface area contributed by atoms with E-state index >= 15 is 0 Å². The van der Waals surface area contributed by atoms with Crippen LogP contribution in [0.15, 0.2) is 30.6 Å². The van der Waals surface area contributed by atoms with Gasteiger partial charge in [0, 0.05) is 30.9 Å². The van der Waals surface area contributed by atoms with Gasteiger partial charge in [0.05, 0.1) is 16.3 Å². The number of aldehydes is 1. The maximum absolute atomic E-state index is 12.1. The smallest absolute Gasteiger partial charge is 0.323 e. The number of aliphatic carboxylic acids is 1. The van der Waals surface area contributed by atoms with Crippen LogP contribution in [0.1, 0.15) is 17.3 Å². The van der Waals surface area contributed by atoms with Gasteiger partial charge >= 0.3 is 5.97 Å². The highest BCUT2D eigenvalue weighted by Crippen LogP contribution is 2.34. The second-order valence-corrected chi connectivity index (χ2v) is 5.47. The molecule has 140 valence electrons. The fraction of sp³-hybridized carbons (Fsp3) is 0.125. The van der Waals surface area contributed by atoms with Crippen molar-refractivity contribution in [2.45, 2.75) is 6.92 Å². The average molecular weight is 374 g/mol. The molecule has 3 N–H and O–H groups in total. The Bertz CT molecular complexity index is 964. The minimum Gasteiger partial charge on any atom is -0.480 e. The highest BCUT2D eigenvalue weighted by atomic mass is 16.6. The lowest BCUT2D eigenvalue weighted by atomic mass is 10.1. The molecule has 2 rings (SSSR count). The number of rotatable bonds is 7. The number of nitro groups is 1. The molecule has 0 saturated carbocycles. The minimum atomic E-state index is -1.41. The number of hydrogen-bond donors (Lipinski definition) is 2. The summed E-state index contributed by atoms with van der Waals surface area (Å²) in [6.07, 6.45) is 3.22. The number of aromatic nitrogens is 1. The summed E-state index contributed by atoms with van der Waals surface area (Å²) < 4.78 is 1.25. The first-order chi connectivity index (χ1) is 12.6. The zero-order valence-electron chi connectivity index (χ0n) is 14.0. The maximum atomic E-state index is 12.1. The summed E-state index contributed by atoms with van der Waals surface area (Å²) in [4.78, 5) is 56.8. The standard InChI is InChI=1S/C16H14N4O7/c1-9(22)16(25)19(7-15(23)24)12-5-13(14(20(26)27)4-11(12)17)18-3-2-10(6-18)8-21/h2-6,8H,7,17H2,1H3,(H,23,24). The van der Waals surface area contributed by atoms with E-state index in [1.165, 1.54) is 23.0 Å². The van der Waals surface area contributed by atoms with Crippen LogP contribution in [0.3, 0.4) is 0 Å². The summed E-state index contributed by atoms with van der Waals surface area (Å²) in [7, 11) is 0. The first kappa shape index (κ1) is 19.3. The van der Waals surface area contributed by atoms with Gasteiger partial charge in [-0.15, -0.1) is 0 Å². The van der Waals surface area contributed by atoms with Gasteiger partial charge in [-0.1, -0.05) is 0 Å². The summed E-state index contributed by atoms with van der Waals surface area (Å²) in [5.41, 5.74) is 5.08. The molecule has 11 nitrogen and oxygen atoms in total. The van der Waals surface area contributed by atoms with Gasteiger partial charge in [0.15, 0.2) is 6.29 Å². The van der Waals surface area contributed by atoms with Crippen molar-refractivity contribution in [3.8, 4) is 5.69 Å². The topological polar surface area (TPSA) is 166 Å². The molecule has 2 aromatic rings. The van der Waals surface area contributed by atoms with Crippen molar-refractivity contribution in [1.82, 2.24) is 4.57 Å². The molecule has 1 heterocycles. The molecule has 0 saturated heterocycles. The summed E-state index contributed by atoms with van der Waals surface area (Å²) >= 11 is 0. The molecule has 0 aliphatic heterocycles. The van der Waals surface area contributed by atoms with Crippen LogP contribution in [0.2, 0.25) is 0 Å². The molecule has 1 aromatic carbocycles. The highest BCUT2D eigenvalue weighted by molar-refractivity contribution is 6.41. The Labute approximate surface area is 151 Å². The summed E-state index contributed by atoms with van der Waals surface area (Å²) in [6, 6.07) is 3.47. The number of ketones is 1. The lowest BCUT2D eigenvalue weighted by Gasteiger charge is -2.22. The SMILES string of the molecule is CC(=O)C(=O)N(CC(=O)O)c1cc(-n2ccc(C=O)c2)c([N+](=O)[O-])cc1N. The Morgan fingerprint density at radius 1 is 1.37 bits per heavy atom. The largest absolute Gasteiger partial charge is 0.480 e. The van der Waals surface area contributed by atoms with E-state index in [1.54, 1.807) is 0 Å². The Kier molecular flexibility index (Phi) is 5.34. The molecule has 1 amide bonds. The molecular weight excluding hydrogens is 360 g/mol. The van der Waals surface area contributed by atoms with Crippen molar-refractivity contribution in [2.75, 3.05) is 17.2 Å². The van der Waals surface area contributed by atoms with E-state index in [9.17, 15) is 29.3 Å². The van der Waals surface area contributed by atoms with E-state index in [1.807, 2.05) is 0 Å². The van der Waals surface area contributed by atoms with E-state index < -0.39 is 34.8 Å². The van der Waals surface area contributed by atoms with E-state index in [0.29, 0.717) is 11.2 Å². The number of nitro benzene ring substituents is 1. The first-order valence-electron chi connectivity index (χ1n) is 7.41. The minimum absolute atomic E-state index is 0.0657.